The van der Waals surface area contributed by atoms with Gasteiger partial charge in [-0.3, -0.25) is 4.79 Å². The summed E-state index contributed by atoms with van der Waals surface area (Å²) in [6, 6.07) is 7.89. The summed E-state index contributed by atoms with van der Waals surface area (Å²) < 4.78 is 31.4. The molecule has 198 valence electrons. The Morgan fingerprint density at radius 1 is 1.19 bits per heavy atom. The molecule has 2 aromatic carbocycles. The Bertz CT molecular complexity index is 1240. The number of hydrogen-bond donors (Lipinski definition) is 3. The van der Waals surface area contributed by atoms with Gasteiger partial charge in [0, 0.05) is 24.5 Å². The number of esters is 1. The average Bonchev–Trinajstić information content (AvgIpc) is 2.92. The molecule has 1 saturated carbocycles. The highest BCUT2D eigenvalue weighted by Crippen LogP contribution is 2.38. The lowest BCUT2D eigenvalue weighted by Gasteiger charge is -2.33. The van der Waals surface area contributed by atoms with Crippen molar-refractivity contribution in [3.63, 3.8) is 0 Å². The number of carbonyl (C=O) groups is 1. The highest BCUT2D eigenvalue weighted by molar-refractivity contribution is 6.31. The normalized spacial score (nSPS) is 18.3. The van der Waals surface area contributed by atoms with Crippen molar-refractivity contribution in [2.24, 2.45) is 11.7 Å². The first-order valence-electron chi connectivity index (χ1n) is 12.2. The van der Waals surface area contributed by atoms with Gasteiger partial charge < -0.3 is 30.6 Å². The molecule has 1 aliphatic rings. The number of aromatic nitrogens is 2. The standard InChI is InChI=1S/C26H31ClFN5O4/c1-35-21-13-20-17(25(32-14-31-20)33-19-5-3-4-18(27)23(19)28)12-22(21)37-16-8-6-15(7-9-16)24(26(34)36-2)30-11-10-29/h3-5,12-16,24,30H,6-11,29H2,1-2H3,(H,31,32,33)/t15?,16?,24-/m1/s1. The number of nitrogens with one attached hydrogen (secondary N) is 2. The smallest absolute Gasteiger partial charge is 0.323 e. The van der Waals surface area contributed by atoms with E-state index in [-0.39, 0.29) is 34.7 Å². The fourth-order valence-corrected chi connectivity index (χ4v) is 4.85. The molecule has 0 unspecified atom stereocenters. The molecule has 1 fully saturated rings. The van der Waals surface area contributed by atoms with Crippen molar-refractivity contribution in [2.75, 3.05) is 32.6 Å². The summed E-state index contributed by atoms with van der Waals surface area (Å²) in [6.45, 7) is 0.986. The van der Waals surface area contributed by atoms with E-state index in [4.69, 9.17) is 31.5 Å². The van der Waals surface area contributed by atoms with Crippen LogP contribution in [-0.2, 0) is 9.53 Å². The lowest BCUT2D eigenvalue weighted by Crippen LogP contribution is -2.47. The van der Waals surface area contributed by atoms with E-state index < -0.39 is 5.82 Å². The van der Waals surface area contributed by atoms with Crippen molar-refractivity contribution in [2.45, 2.75) is 37.8 Å². The van der Waals surface area contributed by atoms with Gasteiger partial charge in [-0.2, -0.15) is 0 Å². The average molecular weight is 532 g/mol. The monoisotopic (exact) mass is 531 g/mol. The summed E-state index contributed by atoms with van der Waals surface area (Å²) in [5.74, 6) is 0.774. The number of hydrogen-bond acceptors (Lipinski definition) is 9. The van der Waals surface area contributed by atoms with E-state index in [2.05, 4.69) is 20.6 Å². The summed E-state index contributed by atoms with van der Waals surface area (Å²) in [5, 5.41) is 6.87. The van der Waals surface area contributed by atoms with Gasteiger partial charge in [-0.05, 0) is 49.8 Å². The summed E-state index contributed by atoms with van der Waals surface area (Å²) in [5.41, 5.74) is 6.42. The third-order valence-electron chi connectivity index (χ3n) is 6.57. The third kappa shape index (κ3) is 6.20. The fourth-order valence-electron chi connectivity index (χ4n) is 4.67. The Labute approximate surface area is 219 Å². The highest BCUT2D eigenvalue weighted by atomic mass is 35.5. The zero-order chi connectivity index (χ0) is 26.4. The van der Waals surface area contributed by atoms with Crippen LogP contribution in [0.2, 0.25) is 5.02 Å². The highest BCUT2D eigenvalue weighted by Gasteiger charge is 2.33. The first-order valence-corrected chi connectivity index (χ1v) is 12.5. The van der Waals surface area contributed by atoms with Crippen LogP contribution >= 0.6 is 11.6 Å². The van der Waals surface area contributed by atoms with Crippen LogP contribution in [0.1, 0.15) is 25.7 Å². The number of nitrogens with zero attached hydrogens (tertiary/aromatic N) is 2. The molecule has 1 aromatic heterocycles. The molecular weight excluding hydrogens is 501 g/mol. The van der Waals surface area contributed by atoms with Crippen molar-refractivity contribution in [1.82, 2.24) is 15.3 Å². The third-order valence-corrected chi connectivity index (χ3v) is 6.86. The van der Waals surface area contributed by atoms with E-state index in [1.165, 1.54) is 19.5 Å². The largest absolute Gasteiger partial charge is 0.493 e. The molecule has 9 nitrogen and oxygen atoms in total. The second-order valence-electron chi connectivity index (χ2n) is 8.87. The number of carbonyl (C=O) groups excluding carboxylic acids is 1. The van der Waals surface area contributed by atoms with Crippen LogP contribution in [0.4, 0.5) is 15.9 Å². The van der Waals surface area contributed by atoms with Crippen molar-refractivity contribution >= 4 is 40.0 Å². The predicted octanol–water partition coefficient (Wildman–Crippen LogP) is 4.20. The van der Waals surface area contributed by atoms with Crippen molar-refractivity contribution in [1.29, 1.82) is 0 Å². The molecule has 1 heterocycles. The number of ether oxygens (including phenoxy) is 3. The van der Waals surface area contributed by atoms with Crippen molar-refractivity contribution in [3.8, 4) is 11.5 Å². The Kier molecular flexibility index (Phi) is 8.96. The van der Waals surface area contributed by atoms with E-state index in [1.807, 2.05) is 0 Å². The number of fused-ring (bicyclic) bond motifs is 1. The van der Waals surface area contributed by atoms with Crippen LogP contribution in [0.15, 0.2) is 36.7 Å². The van der Waals surface area contributed by atoms with Crippen molar-refractivity contribution in [3.05, 3.63) is 47.5 Å². The van der Waals surface area contributed by atoms with Gasteiger partial charge in [0.25, 0.3) is 0 Å². The van der Waals surface area contributed by atoms with Crippen LogP contribution in [0, 0.1) is 11.7 Å². The van der Waals surface area contributed by atoms with Gasteiger partial charge in [0.05, 0.1) is 36.6 Å². The lowest BCUT2D eigenvalue weighted by molar-refractivity contribution is -0.145. The molecule has 37 heavy (non-hydrogen) atoms. The minimum absolute atomic E-state index is 0.0114. The molecule has 0 bridgehead atoms. The first kappa shape index (κ1) is 26.8. The van der Waals surface area contributed by atoms with Crippen molar-refractivity contribution < 1.29 is 23.4 Å². The number of benzene rings is 2. The molecule has 4 rings (SSSR count). The molecule has 0 aliphatic heterocycles. The van der Waals surface area contributed by atoms with Gasteiger partial charge in [0.1, 0.15) is 18.2 Å². The first-order chi connectivity index (χ1) is 17.9. The van der Waals surface area contributed by atoms with E-state index in [1.54, 1.807) is 31.4 Å². The van der Waals surface area contributed by atoms with Crippen LogP contribution < -0.4 is 25.8 Å². The Hall–Kier alpha value is -3.21. The Morgan fingerprint density at radius 3 is 2.68 bits per heavy atom. The maximum absolute atomic E-state index is 14.5. The summed E-state index contributed by atoms with van der Waals surface area (Å²) in [7, 11) is 2.96. The summed E-state index contributed by atoms with van der Waals surface area (Å²) >= 11 is 5.93. The zero-order valence-electron chi connectivity index (χ0n) is 20.8. The van der Waals surface area contributed by atoms with Crippen LogP contribution in [0.25, 0.3) is 10.9 Å². The molecule has 11 heteroatoms. The Balaban J connectivity index is 1.53. The number of methoxy groups -OCH3 is 2. The second kappa shape index (κ2) is 12.4. The number of halogens is 2. The topological polar surface area (TPSA) is 121 Å². The number of nitrogens with two attached hydrogens (primary N) is 1. The van der Waals surface area contributed by atoms with E-state index >= 15 is 0 Å². The van der Waals surface area contributed by atoms with Gasteiger partial charge >= 0.3 is 5.97 Å². The van der Waals surface area contributed by atoms with Gasteiger partial charge in [-0.25, -0.2) is 14.4 Å². The molecule has 0 amide bonds. The van der Waals surface area contributed by atoms with Crippen LogP contribution in [0.5, 0.6) is 11.5 Å². The SMILES string of the molecule is COC(=O)[C@H](NCCN)C1CCC(Oc2cc3c(Nc4cccc(Cl)c4F)ncnc3cc2OC)CC1. The van der Waals surface area contributed by atoms with Gasteiger partial charge in [0.2, 0.25) is 0 Å². The van der Waals surface area contributed by atoms with E-state index in [0.29, 0.717) is 41.3 Å². The molecule has 1 atom stereocenters. The van der Waals surface area contributed by atoms with Crippen LogP contribution in [-0.4, -0.2) is 55.4 Å². The molecule has 4 N–H and O–H groups in total. The molecular formula is C26H31ClFN5O4. The lowest BCUT2D eigenvalue weighted by atomic mass is 9.82. The molecule has 3 aromatic rings. The molecule has 0 saturated heterocycles. The predicted molar refractivity (Wildman–Crippen MR) is 140 cm³/mol. The molecule has 0 radical (unpaired) electrons. The maximum Gasteiger partial charge on any atom is 0.323 e. The summed E-state index contributed by atoms with van der Waals surface area (Å²) in [4.78, 5) is 20.9. The number of anilines is 2. The fraction of sp³-hybridized carbons (Fsp3) is 0.423. The van der Waals surface area contributed by atoms with Crippen LogP contribution in [0.3, 0.4) is 0 Å². The minimum atomic E-state index is -0.566. The quantitative estimate of drug-likeness (QED) is 0.330. The van der Waals surface area contributed by atoms with Gasteiger partial charge in [0.15, 0.2) is 17.3 Å². The molecule has 1 aliphatic carbocycles. The Morgan fingerprint density at radius 2 is 1.97 bits per heavy atom. The zero-order valence-corrected chi connectivity index (χ0v) is 21.6. The van der Waals surface area contributed by atoms with E-state index in [9.17, 15) is 9.18 Å². The van der Waals surface area contributed by atoms with Gasteiger partial charge in [-0.15, -0.1) is 0 Å². The van der Waals surface area contributed by atoms with E-state index in [0.717, 1.165) is 25.7 Å². The maximum atomic E-state index is 14.5. The summed E-state index contributed by atoms with van der Waals surface area (Å²) in [6.07, 6.45) is 4.43. The minimum Gasteiger partial charge on any atom is -0.493 e. The van der Waals surface area contributed by atoms with Gasteiger partial charge in [-0.1, -0.05) is 17.7 Å². The molecule has 0 spiro atoms. The second-order valence-corrected chi connectivity index (χ2v) is 9.27. The number of rotatable bonds is 10.